The van der Waals surface area contributed by atoms with Crippen molar-refractivity contribution in [2.24, 2.45) is 5.73 Å². The molecule has 1 aromatic carbocycles. The fourth-order valence-corrected chi connectivity index (χ4v) is 1.29. The van der Waals surface area contributed by atoms with Crippen molar-refractivity contribution in [2.75, 3.05) is 6.61 Å². The topological polar surface area (TPSA) is 110 Å². The Balaban J connectivity index is 3.21. The van der Waals surface area contributed by atoms with E-state index in [1.165, 1.54) is 0 Å². The fraction of sp³-hybridized carbons (Fsp3) is 0.333. The van der Waals surface area contributed by atoms with Gasteiger partial charge in [-0.2, -0.15) is 0 Å². The number of nitrogens with two attached hydrogens (primary N) is 1. The lowest BCUT2D eigenvalue weighted by molar-refractivity contribution is -0.385. The van der Waals surface area contributed by atoms with Crippen LogP contribution in [0.3, 0.4) is 0 Å². The van der Waals surface area contributed by atoms with Gasteiger partial charge in [0.05, 0.1) is 11.0 Å². The van der Waals surface area contributed by atoms with Crippen LogP contribution in [0.2, 0.25) is 0 Å². The first-order chi connectivity index (χ1) is 7.47. The second-order valence-corrected chi connectivity index (χ2v) is 3.24. The van der Waals surface area contributed by atoms with E-state index < -0.39 is 28.2 Å². The number of hydrogen-bond acceptors (Lipinski definition) is 5. The molecule has 0 heterocycles. The zero-order chi connectivity index (χ0) is 12.3. The van der Waals surface area contributed by atoms with Crippen LogP contribution < -0.4 is 5.73 Å². The van der Waals surface area contributed by atoms with E-state index in [1.54, 1.807) is 0 Å². The number of aliphatic hydroxyl groups is 1. The summed E-state index contributed by atoms with van der Waals surface area (Å²) >= 11 is 0. The highest BCUT2D eigenvalue weighted by molar-refractivity contribution is 5.45. The molecule has 0 saturated carbocycles. The number of non-ortho nitro benzene ring substituents is 1. The van der Waals surface area contributed by atoms with Crippen molar-refractivity contribution in [1.82, 2.24) is 0 Å². The molecule has 6 nitrogen and oxygen atoms in total. The summed E-state index contributed by atoms with van der Waals surface area (Å²) in [6.07, 6.45) is 0.0775. The van der Waals surface area contributed by atoms with Crippen molar-refractivity contribution in [3.8, 4) is 5.75 Å². The maximum Gasteiger partial charge on any atom is 0.272 e. The van der Waals surface area contributed by atoms with Crippen molar-refractivity contribution >= 4 is 5.69 Å². The lowest BCUT2D eigenvalue weighted by Crippen LogP contribution is -2.13. The number of hydrogen-bond donors (Lipinski definition) is 3. The number of benzene rings is 1. The van der Waals surface area contributed by atoms with Gasteiger partial charge in [-0.15, -0.1) is 0 Å². The number of nitro benzene ring substituents is 1. The highest BCUT2D eigenvalue weighted by atomic mass is 19.1. The zero-order valence-electron chi connectivity index (χ0n) is 8.26. The standard InChI is InChI=1S/C9H11FN2O4/c10-7-4-5(12(15)16)3-6(9(7)14)8(11)1-2-13/h3-4,8,13-14H,1-2,11H2/t8-/m1/s1. The van der Waals surface area contributed by atoms with E-state index in [9.17, 15) is 19.6 Å². The molecule has 1 aromatic rings. The normalized spacial score (nSPS) is 12.4. The highest BCUT2D eigenvalue weighted by Crippen LogP contribution is 2.31. The molecule has 0 aliphatic heterocycles. The van der Waals surface area contributed by atoms with E-state index in [4.69, 9.17) is 10.8 Å². The van der Waals surface area contributed by atoms with Gasteiger partial charge < -0.3 is 15.9 Å². The molecule has 0 bridgehead atoms. The van der Waals surface area contributed by atoms with Gasteiger partial charge in [0.2, 0.25) is 0 Å². The van der Waals surface area contributed by atoms with Gasteiger partial charge in [-0.3, -0.25) is 10.1 Å². The predicted octanol–water partition coefficient (Wildman–Crippen LogP) is 0.822. The van der Waals surface area contributed by atoms with Gasteiger partial charge >= 0.3 is 0 Å². The van der Waals surface area contributed by atoms with Crippen LogP contribution in [-0.2, 0) is 0 Å². The summed E-state index contributed by atoms with van der Waals surface area (Å²) in [5.74, 6) is -1.82. The Bertz CT molecular complexity index is 411. The van der Waals surface area contributed by atoms with Crippen LogP contribution in [-0.4, -0.2) is 21.7 Å². The maximum absolute atomic E-state index is 13.1. The molecule has 0 amide bonds. The molecule has 0 unspecified atom stereocenters. The molecule has 16 heavy (non-hydrogen) atoms. The molecule has 0 radical (unpaired) electrons. The number of phenolic OH excluding ortho intramolecular Hbond substituents is 1. The quantitative estimate of drug-likeness (QED) is 0.524. The Kier molecular flexibility index (Phi) is 3.75. The average molecular weight is 230 g/mol. The monoisotopic (exact) mass is 230 g/mol. The van der Waals surface area contributed by atoms with E-state index in [0.29, 0.717) is 6.07 Å². The third-order valence-corrected chi connectivity index (χ3v) is 2.13. The highest BCUT2D eigenvalue weighted by Gasteiger charge is 2.20. The molecular formula is C9H11FN2O4. The molecule has 0 aliphatic rings. The number of nitro groups is 1. The first kappa shape index (κ1) is 12.3. The molecule has 0 fully saturated rings. The molecule has 0 aliphatic carbocycles. The van der Waals surface area contributed by atoms with E-state index in [-0.39, 0.29) is 18.6 Å². The van der Waals surface area contributed by atoms with Crippen molar-refractivity contribution in [1.29, 1.82) is 0 Å². The van der Waals surface area contributed by atoms with Crippen LogP contribution in [0.4, 0.5) is 10.1 Å². The molecule has 88 valence electrons. The van der Waals surface area contributed by atoms with Crippen LogP contribution in [0.1, 0.15) is 18.0 Å². The fourth-order valence-electron chi connectivity index (χ4n) is 1.29. The summed E-state index contributed by atoms with van der Waals surface area (Å²) in [5, 5.41) is 28.5. The second kappa shape index (κ2) is 4.86. The predicted molar refractivity (Wildman–Crippen MR) is 53.4 cm³/mol. The van der Waals surface area contributed by atoms with E-state index in [1.807, 2.05) is 0 Å². The number of rotatable bonds is 4. The van der Waals surface area contributed by atoms with Crippen molar-refractivity contribution < 1.29 is 19.5 Å². The van der Waals surface area contributed by atoms with Crippen LogP contribution in [0.25, 0.3) is 0 Å². The largest absolute Gasteiger partial charge is 0.505 e. The van der Waals surface area contributed by atoms with Crippen LogP contribution in [0.15, 0.2) is 12.1 Å². The molecule has 1 atom stereocenters. The molecule has 0 spiro atoms. The van der Waals surface area contributed by atoms with Crippen molar-refractivity contribution in [2.45, 2.75) is 12.5 Å². The third-order valence-electron chi connectivity index (χ3n) is 2.13. The van der Waals surface area contributed by atoms with Crippen molar-refractivity contribution in [3.63, 3.8) is 0 Å². The Labute approximate surface area is 90.3 Å². The van der Waals surface area contributed by atoms with Crippen LogP contribution in [0, 0.1) is 15.9 Å². The zero-order valence-corrected chi connectivity index (χ0v) is 8.26. The SMILES string of the molecule is N[C@H](CCO)c1cc([N+](=O)[O-])cc(F)c1O. The molecule has 0 aromatic heterocycles. The summed E-state index contributed by atoms with van der Waals surface area (Å²) in [6.45, 7) is -0.259. The first-order valence-electron chi connectivity index (χ1n) is 4.50. The second-order valence-electron chi connectivity index (χ2n) is 3.24. The van der Waals surface area contributed by atoms with Gasteiger partial charge in [0.25, 0.3) is 5.69 Å². The summed E-state index contributed by atoms with van der Waals surface area (Å²) in [5.41, 5.74) is 4.97. The average Bonchev–Trinajstić information content (AvgIpc) is 2.21. The molecule has 1 rings (SSSR count). The van der Waals surface area contributed by atoms with Gasteiger partial charge in [-0.05, 0) is 6.42 Å². The maximum atomic E-state index is 13.1. The lowest BCUT2D eigenvalue weighted by atomic mass is 10.0. The number of aliphatic hydroxyl groups excluding tert-OH is 1. The summed E-state index contributed by atoms with van der Waals surface area (Å²) < 4.78 is 13.1. The van der Waals surface area contributed by atoms with Crippen LogP contribution in [0.5, 0.6) is 5.75 Å². The number of halogens is 1. The summed E-state index contributed by atoms with van der Waals surface area (Å²) in [7, 11) is 0. The Hall–Kier alpha value is -1.73. The van der Waals surface area contributed by atoms with E-state index >= 15 is 0 Å². The minimum atomic E-state index is -1.10. The third kappa shape index (κ3) is 2.44. The molecular weight excluding hydrogens is 219 g/mol. The van der Waals surface area contributed by atoms with Crippen LogP contribution >= 0.6 is 0 Å². The Morgan fingerprint density at radius 1 is 1.56 bits per heavy atom. The Morgan fingerprint density at radius 3 is 2.69 bits per heavy atom. The van der Waals surface area contributed by atoms with E-state index in [0.717, 1.165) is 6.07 Å². The van der Waals surface area contributed by atoms with Gasteiger partial charge in [0.1, 0.15) is 0 Å². The first-order valence-corrected chi connectivity index (χ1v) is 4.50. The lowest BCUT2D eigenvalue weighted by Gasteiger charge is -2.12. The number of nitrogens with zero attached hydrogens (tertiary/aromatic N) is 1. The molecule has 7 heteroatoms. The van der Waals surface area contributed by atoms with Gasteiger partial charge in [0.15, 0.2) is 11.6 Å². The van der Waals surface area contributed by atoms with E-state index in [2.05, 4.69) is 0 Å². The Morgan fingerprint density at radius 2 is 2.19 bits per heavy atom. The molecule has 0 saturated heterocycles. The number of phenols is 1. The number of aromatic hydroxyl groups is 1. The summed E-state index contributed by atoms with van der Waals surface area (Å²) in [4.78, 5) is 9.68. The molecule has 4 N–H and O–H groups in total. The minimum absolute atomic E-state index is 0.0775. The van der Waals surface area contributed by atoms with Crippen molar-refractivity contribution in [3.05, 3.63) is 33.6 Å². The van der Waals surface area contributed by atoms with Gasteiger partial charge in [-0.25, -0.2) is 4.39 Å². The van der Waals surface area contributed by atoms with Gasteiger partial charge in [-0.1, -0.05) is 0 Å². The minimum Gasteiger partial charge on any atom is -0.505 e. The van der Waals surface area contributed by atoms with Gasteiger partial charge in [0, 0.05) is 24.3 Å². The summed E-state index contributed by atoms with van der Waals surface area (Å²) in [6, 6.07) is 0.767. The smallest absolute Gasteiger partial charge is 0.272 e.